The number of fused-ring (bicyclic) bond motifs is 1. The largest absolute Gasteiger partial charge is 0.453 e. The van der Waals surface area contributed by atoms with Crippen molar-refractivity contribution in [2.75, 3.05) is 20.2 Å². The number of rotatable bonds is 4. The van der Waals surface area contributed by atoms with E-state index in [-0.39, 0.29) is 17.4 Å². The van der Waals surface area contributed by atoms with Crippen LogP contribution in [0.5, 0.6) is 0 Å². The molecule has 1 amide bonds. The summed E-state index contributed by atoms with van der Waals surface area (Å²) in [6.45, 7) is 5.21. The molecule has 4 heterocycles. The van der Waals surface area contributed by atoms with Gasteiger partial charge in [-0.2, -0.15) is 0 Å². The topological polar surface area (TPSA) is 92.8 Å². The normalized spacial score (nSPS) is 17.4. The molecule has 28 heavy (non-hydrogen) atoms. The van der Waals surface area contributed by atoms with Crippen LogP contribution < -0.4 is 5.56 Å². The van der Waals surface area contributed by atoms with Crippen molar-refractivity contribution < 1.29 is 13.9 Å². The highest BCUT2D eigenvalue weighted by molar-refractivity contribution is 5.91. The van der Waals surface area contributed by atoms with E-state index in [1.807, 2.05) is 17.9 Å². The van der Waals surface area contributed by atoms with Crippen molar-refractivity contribution in [3.05, 3.63) is 57.0 Å². The molecule has 1 aliphatic heterocycles. The van der Waals surface area contributed by atoms with E-state index in [0.717, 1.165) is 24.2 Å². The van der Waals surface area contributed by atoms with Crippen LogP contribution in [-0.4, -0.2) is 45.6 Å². The summed E-state index contributed by atoms with van der Waals surface area (Å²) in [6.07, 6.45) is 1.83. The lowest BCUT2D eigenvalue weighted by molar-refractivity contribution is 0.0666. The minimum Gasteiger partial charge on any atom is -0.453 e. The van der Waals surface area contributed by atoms with E-state index < -0.39 is 0 Å². The molecular formula is C20H24N4O4. The number of carbonyl (C=O) groups is 1. The van der Waals surface area contributed by atoms with E-state index in [1.165, 1.54) is 4.52 Å². The molecule has 0 aromatic carbocycles. The molecule has 0 bridgehead atoms. The third kappa shape index (κ3) is 3.24. The molecule has 3 aromatic heterocycles. The van der Waals surface area contributed by atoms with Crippen LogP contribution in [0.25, 0.3) is 5.65 Å². The van der Waals surface area contributed by atoms with Crippen molar-refractivity contribution >= 4 is 11.6 Å². The highest BCUT2D eigenvalue weighted by Gasteiger charge is 2.28. The van der Waals surface area contributed by atoms with Gasteiger partial charge in [0.05, 0.1) is 0 Å². The summed E-state index contributed by atoms with van der Waals surface area (Å²) < 4.78 is 12.1. The Hall–Kier alpha value is -2.87. The molecular weight excluding hydrogens is 360 g/mol. The van der Waals surface area contributed by atoms with Gasteiger partial charge in [0.25, 0.3) is 11.5 Å². The van der Waals surface area contributed by atoms with E-state index in [9.17, 15) is 9.59 Å². The number of carbonyl (C=O) groups excluding carboxylic acids is 1. The Morgan fingerprint density at radius 3 is 3.00 bits per heavy atom. The minimum atomic E-state index is -0.120. The van der Waals surface area contributed by atoms with Crippen molar-refractivity contribution in [3.63, 3.8) is 0 Å². The standard InChI is InChI=1S/C20H24N4O4/c1-12-13(2)21-18-9-16(22-24(18)19(12)25)14-5-4-8-23(10-14)20(26)17-7-6-15(28-17)11-27-3/h6-7,9,14,22H,4-5,8,10-11H2,1-3H3/t14-/m0/s1. The monoisotopic (exact) mass is 384 g/mol. The van der Waals surface area contributed by atoms with Crippen molar-refractivity contribution in [2.45, 2.75) is 39.2 Å². The lowest BCUT2D eigenvalue weighted by Gasteiger charge is -2.31. The number of hydrogen-bond donors (Lipinski definition) is 1. The molecule has 4 rings (SSSR count). The number of piperidine rings is 1. The Morgan fingerprint density at radius 2 is 2.21 bits per heavy atom. The molecule has 1 N–H and O–H groups in total. The first-order valence-corrected chi connectivity index (χ1v) is 9.43. The Balaban J connectivity index is 1.56. The highest BCUT2D eigenvalue weighted by Crippen LogP contribution is 2.27. The van der Waals surface area contributed by atoms with Crippen LogP contribution in [0.2, 0.25) is 0 Å². The maximum absolute atomic E-state index is 12.8. The van der Waals surface area contributed by atoms with Gasteiger partial charge in [-0.25, -0.2) is 9.50 Å². The van der Waals surface area contributed by atoms with Gasteiger partial charge >= 0.3 is 0 Å². The summed E-state index contributed by atoms with van der Waals surface area (Å²) in [6, 6.07) is 5.37. The van der Waals surface area contributed by atoms with Crippen molar-refractivity contribution in [1.82, 2.24) is 19.5 Å². The fraction of sp³-hybridized carbons (Fsp3) is 0.450. The van der Waals surface area contributed by atoms with Gasteiger partial charge in [-0.3, -0.25) is 14.7 Å². The number of aromatic amines is 1. The number of aryl methyl sites for hydroxylation is 1. The third-order valence-corrected chi connectivity index (χ3v) is 5.41. The van der Waals surface area contributed by atoms with Crippen molar-refractivity contribution in [2.24, 2.45) is 0 Å². The number of H-pyrrole nitrogens is 1. The van der Waals surface area contributed by atoms with Crippen molar-refractivity contribution in [1.29, 1.82) is 0 Å². The first kappa shape index (κ1) is 18.5. The first-order valence-electron chi connectivity index (χ1n) is 9.43. The van der Waals surface area contributed by atoms with Gasteiger partial charge in [0.2, 0.25) is 0 Å². The average molecular weight is 384 g/mol. The summed E-state index contributed by atoms with van der Waals surface area (Å²) in [7, 11) is 1.59. The van der Waals surface area contributed by atoms with E-state index in [0.29, 0.717) is 42.4 Å². The van der Waals surface area contributed by atoms with E-state index in [2.05, 4.69) is 10.1 Å². The van der Waals surface area contributed by atoms with Gasteiger partial charge in [0, 0.05) is 49.1 Å². The zero-order valence-corrected chi connectivity index (χ0v) is 16.3. The van der Waals surface area contributed by atoms with Crippen LogP contribution in [0.15, 0.2) is 27.4 Å². The summed E-state index contributed by atoms with van der Waals surface area (Å²) >= 11 is 0. The van der Waals surface area contributed by atoms with Crippen LogP contribution in [-0.2, 0) is 11.3 Å². The number of amides is 1. The van der Waals surface area contributed by atoms with Crippen LogP contribution in [0.4, 0.5) is 0 Å². The molecule has 1 fully saturated rings. The van der Waals surface area contributed by atoms with Gasteiger partial charge in [-0.15, -0.1) is 0 Å². The number of nitrogens with one attached hydrogen (secondary N) is 1. The number of likely N-dealkylation sites (tertiary alicyclic amines) is 1. The molecule has 1 saturated heterocycles. The summed E-state index contributed by atoms with van der Waals surface area (Å²) in [4.78, 5) is 31.6. The SMILES string of the molecule is COCc1ccc(C(=O)N2CCC[C@H](c3cc4nc(C)c(C)c(=O)n4[nH]3)C2)o1. The number of furan rings is 1. The predicted octanol–water partition coefficient (Wildman–Crippen LogP) is 2.40. The molecule has 0 spiro atoms. The highest BCUT2D eigenvalue weighted by atomic mass is 16.5. The average Bonchev–Trinajstić information content (AvgIpc) is 3.33. The van der Waals surface area contributed by atoms with E-state index in [4.69, 9.17) is 9.15 Å². The van der Waals surface area contributed by atoms with Crippen LogP contribution in [0.1, 0.15) is 52.0 Å². The zero-order valence-electron chi connectivity index (χ0n) is 16.3. The fourth-order valence-electron chi connectivity index (χ4n) is 3.73. The van der Waals surface area contributed by atoms with Crippen molar-refractivity contribution in [3.8, 4) is 0 Å². The second-order valence-electron chi connectivity index (χ2n) is 7.32. The summed E-state index contributed by atoms with van der Waals surface area (Å²) in [5, 5.41) is 3.19. The van der Waals surface area contributed by atoms with Crippen LogP contribution >= 0.6 is 0 Å². The molecule has 1 atom stereocenters. The quantitative estimate of drug-likeness (QED) is 0.746. The number of hydrogen-bond acceptors (Lipinski definition) is 5. The van der Waals surface area contributed by atoms with Crippen LogP contribution in [0, 0.1) is 13.8 Å². The summed E-state index contributed by atoms with van der Waals surface area (Å²) in [5.74, 6) is 0.956. The third-order valence-electron chi connectivity index (χ3n) is 5.41. The predicted molar refractivity (Wildman–Crippen MR) is 103 cm³/mol. The molecule has 8 heteroatoms. The second kappa shape index (κ2) is 7.27. The maximum atomic E-state index is 12.8. The lowest BCUT2D eigenvalue weighted by Crippen LogP contribution is -2.39. The number of aromatic nitrogens is 3. The molecule has 1 aliphatic rings. The Kier molecular flexibility index (Phi) is 4.80. The van der Waals surface area contributed by atoms with Gasteiger partial charge < -0.3 is 14.1 Å². The van der Waals surface area contributed by atoms with E-state index >= 15 is 0 Å². The van der Waals surface area contributed by atoms with Gasteiger partial charge in [-0.1, -0.05) is 0 Å². The van der Waals surface area contributed by atoms with Gasteiger partial charge in [0.15, 0.2) is 11.4 Å². The molecule has 8 nitrogen and oxygen atoms in total. The fourth-order valence-corrected chi connectivity index (χ4v) is 3.73. The molecule has 0 radical (unpaired) electrons. The van der Waals surface area contributed by atoms with E-state index in [1.54, 1.807) is 26.2 Å². The summed E-state index contributed by atoms with van der Waals surface area (Å²) in [5.41, 5.74) is 2.82. The van der Waals surface area contributed by atoms with Gasteiger partial charge in [0.1, 0.15) is 12.4 Å². The lowest BCUT2D eigenvalue weighted by atomic mass is 9.94. The Morgan fingerprint density at radius 1 is 1.39 bits per heavy atom. The van der Waals surface area contributed by atoms with Crippen LogP contribution in [0.3, 0.4) is 0 Å². The first-order chi connectivity index (χ1) is 13.5. The Labute approximate surface area is 162 Å². The number of ether oxygens (including phenoxy) is 1. The maximum Gasteiger partial charge on any atom is 0.289 e. The number of methoxy groups -OCH3 is 1. The van der Waals surface area contributed by atoms with Gasteiger partial charge in [-0.05, 0) is 38.8 Å². The smallest absolute Gasteiger partial charge is 0.289 e. The molecule has 0 unspecified atom stereocenters. The second-order valence-corrected chi connectivity index (χ2v) is 7.32. The number of nitrogens with zero attached hydrogens (tertiary/aromatic N) is 3. The zero-order chi connectivity index (χ0) is 19.8. The minimum absolute atomic E-state index is 0.0845. The molecule has 148 valence electrons. The Bertz CT molecular complexity index is 1080. The molecule has 0 saturated carbocycles. The molecule has 3 aromatic rings. The molecule has 0 aliphatic carbocycles.